The summed E-state index contributed by atoms with van der Waals surface area (Å²) in [5, 5.41) is 0. The van der Waals surface area contributed by atoms with Crippen molar-refractivity contribution >= 4 is 10.0 Å². The predicted octanol–water partition coefficient (Wildman–Crippen LogP) is 0.873. The van der Waals surface area contributed by atoms with E-state index >= 15 is 0 Å². The Morgan fingerprint density at radius 1 is 1.00 bits per heavy atom. The van der Waals surface area contributed by atoms with E-state index in [1.54, 1.807) is 4.31 Å². The second-order valence-electron chi connectivity index (χ2n) is 5.48. The normalized spacial score (nSPS) is 18.0. The van der Waals surface area contributed by atoms with Crippen LogP contribution >= 0.6 is 0 Å². The molecule has 1 aromatic rings. The molecular formula is C15H25N3O2S. The Morgan fingerprint density at radius 3 is 2.29 bits per heavy atom. The van der Waals surface area contributed by atoms with Crippen LogP contribution in [0, 0.1) is 0 Å². The topological polar surface area (TPSA) is 66.6 Å². The monoisotopic (exact) mass is 311 g/mol. The molecule has 0 saturated carbocycles. The fourth-order valence-electron chi connectivity index (χ4n) is 2.59. The highest BCUT2D eigenvalue weighted by Gasteiger charge is 2.26. The fraction of sp³-hybridized carbons (Fsp3) is 0.600. The van der Waals surface area contributed by atoms with Crippen molar-refractivity contribution in [3.05, 3.63) is 35.9 Å². The summed E-state index contributed by atoms with van der Waals surface area (Å²) in [7, 11) is -3.20. The minimum atomic E-state index is -3.20. The van der Waals surface area contributed by atoms with Gasteiger partial charge in [0.25, 0.3) is 0 Å². The standard InChI is InChI=1S/C15H25N3O2S/c16-8-4-5-9-17-10-12-18(13-11-17)21(19,20)14-15-6-2-1-3-7-15/h1-3,6-7H,4-5,8-14,16H2. The summed E-state index contributed by atoms with van der Waals surface area (Å²) < 4.78 is 26.5. The molecule has 1 saturated heterocycles. The summed E-state index contributed by atoms with van der Waals surface area (Å²) in [5.41, 5.74) is 6.34. The highest BCUT2D eigenvalue weighted by Crippen LogP contribution is 2.13. The summed E-state index contributed by atoms with van der Waals surface area (Å²) in [6.45, 7) is 4.57. The Kier molecular flexibility index (Phi) is 6.17. The first-order valence-corrected chi connectivity index (χ1v) is 9.17. The van der Waals surface area contributed by atoms with E-state index in [4.69, 9.17) is 5.73 Å². The molecular weight excluding hydrogens is 286 g/mol. The van der Waals surface area contributed by atoms with Gasteiger partial charge in [-0.2, -0.15) is 4.31 Å². The van der Waals surface area contributed by atoms with E-state index in [1.165, 1.54) is 0 Å². The fourth-order valence-corrected chi connectivity index (χ4v) is 4.10. The second-order valence-corrected chi connectivity index (χ2v) is 7.45. The van der Waals surface area contributed by atoms with Crippen LogP contribution in [0.1, 0.15) is 18.4 Å². The van der Waals surface area contributed by atoms with Crippen LogP contribution in [0.15, 0.2) is 30.3 Å². The smallest absolute Gasteiger partial charge is 0.218 e. The first kappa shape index (κ1) is 16.4. The van der Waals surface area contributed by atoms with Crippen LogP contribution in [0.5, 0.6) is 0 Å². The molecule has 0 aromatic heterocycles. The van der Waals surface area contributed by atoms with Crippen LogP contribution in [0.4, 0.5) is 0 Å². The Balaban J connectivity index is 1.83. The molecule has 0 radical (unpaired) electrons. The Bertz CT molecular complexity index is 511. The first-order valence-electron chi connectivity index (χ1n) is 7.56. The number of hydrogen-bond acceptors (Lipinski definition) is 4. The Labute approximate surface area is 127 Å². The molecule has 2 N–H and O–H groups in total. The number of sulfonamides is 1. The number of hydrogen-bond donors (Lipinski definition) is 1. The second kappa shape index (κ2) is 7.89. The molecule has 0 spiro atoms. The Morgan fingerprint density at radius 2 is 1.67 bits per heavy atom. The van der Waals surface area contributed by atoms with Crippen molar-refractivity contribution in [2.24, 2.45) is 5.73 Å². The van der Waals surface area contributed by atoms with Crippen molar-refractivity contribution in [2.45, 2.75) is 18.6 Å². The van der Waals surface area contributed by atoms with Crippen molar-refractivity contribution in [1.29, 1.82) is 0 Å². The molecule has 0 atom stereocenters. The third kappa shape index (κ3) is 5.07. The van der Waals surface area contributed by atoms with Crippen molar-refractivity contribution in [3.63, 3.8) is 0 Å². The summed E-state index contributed by atoms with van der Waals surface area (Å²) in [6, 6.07) is 9.37. The average molecular weight is 311 g/mol. The van der Waals surface area contributed by atoms with E-state index in [-0.39, 0.29) is 5.75 Å². The molecule has 21 heavy (non-hydrogen) atoms. The van der Waals surface area contributed by atoms with Gasteiger partial charge in [0.2, 0.25) is 10.0 Å². The van der Waals surface area contributed by atoms with E-state index in [0.29, 0.717) is 13.1 Å². The quantitative estimate of drug-likeness (QED) is 0.759. The van der Waals surface area contributed by atoms with Gasteiger partial charge in [-0.1, -0.05) is 30.3 Å². The summed E-state index contributed by atoms with van der Waals surface area (Å²) in [4.78, 5) is 2.32. The number of piperazine rings is 1. The van der Waals surface area contributed by atoms with Crippen molar-refractivity contribution in [2.75, 3.05) is 39.3 Å². The largest absolute Gasteiger partial charge is 0.330 e. The van der Waals surface area contributed by atoms with Gasteiger partial charge in [-0.15, -0.1) is 0 Å². The molecule has 1 heterocycles. The molecule has 0 amide bonds. The Hall–Kier alpha value is -0.950. The molecule has 1 aliphatic heterocycles. The van der Waals surface area contributed by atoms with E-state index < -0.39 is 10.0 Å². The lowest BCUT2D eigenvalue weighted by molar-refractivity contribution is 0.186. The molecule has 1 aliphatic rings. The van der Waals surface area contributed by atoms with Crippen molar-refractivity contribution in [1.82, 2.24) is 9.21 Å². The van der Waals surface area contributed by atoms with Gasteiger partial charge in [-0.25, -0.2) is 8.42 Å². The maximum Gasteiger partial charge on any atom is 0.218 e. The van der Waals surface area contributed by atoms with E-state index in [2.05, 4.69) is 4.90 Å². The predicted molar refractivity (Wildman–Crippen MR) is 85.4 cm³/mol. The minimum Gasteiger partial charge on any atom is -0.330 e. The molecule has 2 rings (SSSR count). The van der Waals surface area contributed by atoms with Gasteiger partial charge in [-0.3, -0.25) is 0 Å². The average Bonchev–Trinajstić information content (AvgIpc) is 2.49. The molecule has 118 valence electrons. The van der Waals surface area contributed by atoms with Gasteiger partial charge in [0.1, 0.15) is 0 Å². The molecule has 1 aromatic carbocycles. The SMILES string of the molecule is NCCCCN1CCN(S(=O)(=O)Cc2ccccc2)CC1. The van der Waals surface area contributed by atoms with Crippen LogP contribution in [0.3, 0.4) is 0 Å². The highest BCUT2D eigenvalue weighted by molar-refractivity contribution is 7.88. The van der Waals surface area contributed by atoms with Crippen molar-refractivity contribution in [3.8, 4) is 0 Å². The molecule has 5 nitrogen and oxygen atoms in total. The van der Waals surface area contributed by atoms with Gasteiger partial charge in [0, 0.05) is 26.2 Å². The van der Waals surface area contributed by atoms with E-state index in [0.717, 1.165) is 44.6 Å². The minimum absolute atomic E-state index is 0.0982. The maximum absolute atomic E-state index is 12.4. The third-order valence-corrected chi connectivity index (χ3v) is 5.70. The summed E-state index contributed by atoms with van der Waals surface area (Å²) in [5.74, 6) is 0.0982. The van der Waals surface area contributed by atoms with Crippen LogP contribution in [0.2, 0.25) is 0 Å². The third-order valence-electron chi connectivity index (χ3n) is 3.85. The van der Waals surface area contributed by atoms with Crippen LogP contribution in [-0.4, -0.2) is 56.9 Å². The van der Waals surface area contributed by atoms with Crippen LogP contribution < -0.4 is 5.73 Å². The number of nitrogens with zero attached hydrogens (tertiary/aromatic N) is 2. The molecule has 0 aliphatic carbocycles. The summed E-state index contributed by atoms with van der Waals surface area (Å²) in [6.07, 6.45) is 2.12. The maximum atomic E-state index is 12.4. The van der Waals surface area contributed by atoms with Gasteiger partial charge >= 0.3 is 0 Å². The van der Waals surface area contributed by atoms with Gasteiger partial charge < -0.3 is 10.6 Å². The zero-order chi connectivity index (χ0) is 15.1. The molecule has 6 heteroatoms. The molecule has 0 bridgehead atoms. The van der Waals surface area contributed by atoms with Crippen LogP contribution in [-0.2, 0) is 15.8 Å². The zero-order valence-electron chi connectivity index (χ0n) is 12.4. The first-order chi connectivity index (χ1) is 10.1. The lowest BCUT2D eigenvalue weighted by atomic mass is 10.2. The van der Waals surface area contributed by atoms with E-state index in [9.17, 15) is 8.42 Å². The van der Waals surface area contributed by atoms with Gasteiger partial charge in [0.05, 0.1) is 5.75 Å². The lowest BCUT2D eigenvalue weighted by Crippen LogP contribution is -2.49. The van der Waals surface area contributed by atoms with Crippen molar-refractivity contribution < 1.29 is 8.42 Å². The number of rotatable bonds is 7. The van der Waals surface area contributed by atoms with Gasteiger partial charge in [-0.05, 0) is 31.5 Å². The highest BCUT2D eigenvalue weighted by atomic mass is 32.2. The molecule has 0 unspecified atom stereocenters. The van der Waals surface area contributed by atoms with Crippen LogP contribution in [0.25, 0.3) is 0 Å². The van der Waals surface area contributed by atoms with E-state index in [1.807, 2.05) is 30.3 Å². The number of nitrogens with two attached hydrogens (primary N) is 1. The molecule has 1 fully saturated rings. The van der Waals surface area contributed by atoms with Gasteiger partial charge in [0.15, 0.2) is 0 Å². The lowest BCUT2D eigenvalue weighted by Gasteiger charge is -2.34. The summed E-state index contributed by atoms with van der Waals surface area (Å²) >= 11 is 0. The number of benzene rings is 1. The zero-order valence-corrected chi connectivity index (χ0v) is 13.3. The number of unbranched alkanes of at least 4 members (excludes halogenated alkanes) is 1.